The molecule has 0 saturated carbocycles. The first kappa shape index (κ1) is 13.2. The van der Waals surface area contributed by atoms with Crippen molar-refractivity contribution in [3.05, 3.63) is 58.4 Å². The molecule has 0 amide bonds. The number of hydrogen-bond donors (Lipinski definition) is 1. The largest absolute Gasteiger partial charge is 0.399 e. The van der Waals surface area contributed by atoms with Crippen LogP contribution in [0.5, 0.6) is 0 Å². The van der Waals surface area contributed by atoms with Gasteiger partial charge in [-0.05, 0) is 43.3 Å². The molecule has 20 heavy (non-hydrogen) atoms. The number of anilines is 1. The number of nitrogens with zero attached hydrogens (tertiary/aromatic N) is 1. The summed E-state index contributed by atoms with van der Waals surface area (Å²) < 4.78 is 0. The van der Waals surface area contributed by atoms with Gasteiger partial charge in [-0.1, -0.05) is 23.7 Å². The van der Waals surface area contributed by atoms with E-state index >= 15 is 0 Å². The lowest BCUT2D eigenvalue weighted by Gasteiger charge is -1.99. The van der Waals surface area contributed by atoms with Crippen LogP contribution in [0.4, 0.5) is 5.69 Å². The Labute approximate surface area is 126 Å². The van der Waals surface area contributed by atoms with E-state index < -0.39 is 0 Å². The van der Waals surface area contributed by atoms with Crippen LogP contribution in [0.1, 0.15) is 4.88 Å². The van der Waals surface area contributed by atoms with Gasteiger partial charge in [-0.3, -0.25) is 0 Å². The Morgan fingerprint density at radius 1 is 1.05 bits per heavy atom. The summed E-state index contributed by atoms with van der Waals surface area (Å²) in [6.45, 7) is 2.08. The van der Waals surface area contributed by atoms with Gasteiger partial charge in [0.15, 0.2) is 0 Å². The molecule has 0 aliphatic heterocycles. The maximum atomic E-state index is 6.05. The molecule has 0 spiro atoms. The van der Waals surface area contributed by atoms with Gasteiger partial charge >= 0.3 is 0 Å². The van der Waals surface area contributed by atoms with E-state index in [0.29, 0.717) is 0 Å². The molecule has 0 atom stereocenters. The molecule has 4 heteroatoms. The number of hydrogen-bond acceptors (Lipinski definition) is 3. The molecule has 0 saturated heterocycles. The molecule has 0 aliphatic rings. The summed E-state index contributed by atoms with van der Waals surface area (Å²) in [5, 5.41) is 1.72. The van der Waals surface area contributed by atoms with Crippen molar-refractivity contribution >= 4 is 28.6 Å². The van der Waals surface area contributed by atoms with Crippen molar-refractivity contribution in [1.82, 2.24) is 4.98 Å². The normalized spacial score (nSPS) is 10.7. The molecule has 100 valence electrons. The van der Waals surface area contributed by atoms with Crippen LogP contribution in [0, 0.1) is 6.92 Å². The van der Waals surface area contributed by atoms with Crippen molar-refractivity contribution in [1.29, 1.82) is 0 Å². The quantitative estimate of drug-likeness (QED) is 0.675. The second-order valence-electron chi connectivity index (χ2n) is 4.56. The number of aromatic nitrogens is 1. The van der Waals surface area contributed by atoms with Gasteiger partial charge in [-0.25, -0.2) is 4.98 Å². The van der Waals surface area contributed by atoms with E-state index in [0.717, 1.165) is 32.5 Å². The molecular weight excluding hydrogens is 288 g/mol. The van der Waals surface area contributed by atoms with Gasteiger partial charge in [-0.2, -0.15) is 0 Å². The molecule has 3 aromatic rings. The minimum atomic E-state index is 0.726. The zero-order chi connectivity index (χ0) is 14.1. The summed E-state index contributed by atoms with van der Waals surface area (Å²) in [6.07, 6.45) is 0. The lowest BCUT2D eigenvalue weighted by Crippen LogP contribution is -1.84. The maximum absolute atomic E-state index is 6.05. The standard InChI is InChI=1S/C16H13ClN2S/c1-10-15(12-3-2-4-13(17)9-12)19-16(20-10)11-5-7-14(18)8-6-11/h2-9H,18H2,1H3. The number of aryl methyl sites for hydroxylation is 1. The molecule has 0 aliphatic carbocycles. The molecule has 2 N–H and O–H groups in total. The van der Waals surface area contributed by atoms with Crippen molar-refractivity contribution in [2.24, 2.45) is 0 Å². The van der Waals surface area contributed by atoms with Crippen LogP contribution in [-0.4, -0.2) is 4.98 Å². The number of rotatable bonds is 2. The van der Waals surface area contributed by atoms with E-state index in [-0.39, 0.29) is 0 Å². The maximum Gasteiger partial charge on any atom is 0.124 e. The molecular formula is C16H13ClN2S. The van der Waals surface area contributed by atoms with Gasteiger partial charge < -0.3 is 5.73 Å². The van der Waals surface area contributed by atoms with E-state index in [4.69, 9.17) is 22.3 Å². The Morgan fingerprint density at radius 2 is 1.80 bits per heavy atom. The van der Waals surface area contributed by atoms with Crippen molar-refractivity contribution < 1.29 is 0 Å². The van der Waals surface area contributed by atoms with E-state index in [9.17, 15) is 0 Å². The second kappa shape index (κ2) is 5.27. The SMILES string of the molecule is Cc1sc(-c2ccc(N)cc2)nc1-c1cccc(Cl)c1. The van der Waals surface area contributed by atoms with Crippen LogP contribution >= 0.6 is 22.9 Å². The fraction of sp³-hybridized carbons (Fsp3) is 0.0625. The fourth-order valence-electron chi connectivity index (χ4n) is 2.05. The Bertz CT molecular complexity index is 747. The Hall–Kier alpha value is -1.84. The predicted molar refractivity (Wildman–Crippen MR) is 87.1 cm³/mol. The molecule has 0 radical (unpaired) electrons. The van der Waals surface area contributed by atoms with Crippen LogP contribution in [0.15, 0.2) is 48.5 Å². The van der Waals surface area contributed by atoms with Crippen LogP contribution in [-0.2, 0) is 0 Å². The molecule has 0 fully saturated rings. The van der Waals surface area contributed by atoms with Crippen molar-refractivity contribution in [3.63, 3.8) is 0 Å². The monoisotopic (exact) mass is 300 g/mol. The molecule has 1 heterocycles. The summed E-state index contributed by atoms with van der Waals surface area (Å²) in [7, 11) is 0. The summed E-state index contributed by atoms with van der Waals surface area (Å²) >= 11 is 7.73. The average molecular weight is 301 g/mol. The van der Waals surface area contributed by atoms with Gasteiger partial charge in [0.05, 0.1) is 5.69 Å². The van der Waals surface area contributed by atoms with Crippen molar-refractivity contribution in [2.45, 2.75) is 6.92 Å². The topological polar surface area (TPSA) is 38.9 Å². The zero-order valence-electron chi connectivity index (χ0n) is 10.9. The van der Waals surface area contributed by atoms with E-state index in [2.05, 4.69) is 6.92 Å². The lowest BCUT2D eigenvalue weighted by atomic mass is 10.1. The summed E-state index contributed by atoms with van der Waals surface area (Å²) in [5.41, 5.74) is 9.60. The summed E-state index contributed by atoms with van der Waals surface area (Å²) in [4.78, 5) is 5.92. The summed E-state index contributed by atoms with van der Waals surface area (Å²) in [5.74, 6) is 0. The third-order valence-corrected chi connectivity index (χ3v) is 4.31. The second-order valence-corrected chi connectivity index (χ2v) is 6.20. The minimum absolute atomic E-state index is 0.726. The first-order valence-corrected chi connectivity index (χ1v) is 7.42. The van der Waals surface area contributed by atoms with E-state index in [1.165, 1.54) is 4.88 Å². The number of nitrogen functional groups attached to an aromatic ring is 1. The average Bonchev–Trinajstić information content (AvgIpc) is 2.82. The molecule has 2 aromatic carbocycles. The molecule has 0 unspecified atom stereocenters. The third-order valence-electron chi connectivity index (χ3n) is 3.05. The van der Waals surface area contributed by atoms with Gasteiger partial charge in [0.2, 0.25) is 0 Å². The smallest absolute Gasteiger partial charge is 0.124 e. The molecule has 3 rings (SSSR count). The first-order valence-electron chi connectivity index (χ1n) is 6.23. The number of benzene rings is 2. The van der Waals surface area contributed by atoms with Gasteiger partial charge in [0, 0.05) is 26.7 Å². The Kier molecular flexibility index (Phi) is 3.47. The van der Waals surface area contributed by atoms with E-state index in [1.54, 1.807) is 11.3 Å². The van der Waals surface area contributed by atoms with Crippen LogP contribution in [0.25, 0.3) is 21.8 Å². The Morgan fingerprint density at radius 3 is 2.50 bits per heavy atom. The molecule has 0 bridgehead atoms. The fourth-order valence-corrected chi connectivity index (χ4v) is 3.18. The van der Waals surface area contributed by atoms with Crippen molar-refractivity contribution in [3.8, 4) is 21.8 Å². The van der Waals surface area contributed by atoms with Crippen LogP contribution in [0.3, 0.4) is 0 Å². The molecule has 1 aromatic heterocycles. The highest BCUT2D eigenvalue weighted by molar-refractivity contribution is 7.15. The molecule has 2 nitrogen and oxygen atoms in total. The van der Waals surface area contributed by atoms with Crippen molar-refractivity contribution in [2.75, 3.05) is 5.73 Å². The number of halogens is 1. The number of thiazole rings is 1. The van der Waals surface area contributed by atoms with Gasteiger partial charge in [-0.15, -0.1) is 11.3 Å². The highest BCUT2D eigenvalue weighted by Crippen LogP contribution is 2.34. The number of nitrogens with two attached hydrogens (primary N) is 1. The Balaban J connectivity index is 2.05. The van der Waals surface area contributed by atoms with Crippen LogP contribution < -0.4 is 5.73 Å². The van der Waals surface area contributed by atoms with Gasteiger partial charge in [0.1, 0.15) is 5.01 Å². The zero-order valence-corrected chi connectivity index (χ0v) is 12.5. The van der Waals surface area contributed by atoms with Gasteiger partial charge in [0.25, 0.3) is 0 Å². The highest BCUT2D eigenvalue weighted by atomic mass is 35.5. The third kappa shape index (κ3) is 2.55. The highest BCUT2D eigenvalue weighted by Gasteiger charge is 2.11. The summed E-state index contributed by atoms with van der Waals surface area (Å²) in [6, 6.07) is 15.6. The van der Waals surface area contributed by atoms with Crippen LogP contribution in [0.2, 0.25) is 5.02 Å². The lowest BCUT2D eigenvalue weighted by molar-refractivity contribution is 1.37. The predicted octanol–water partition coefficient (Wildman–Crippen LogP) is 5.02. The minimum Gasteiger partial charge on any atom is -0.399 e. The first-order chi connectivity index (χ1) is 9.63. The van der Waals surface area contributed by atoms with E-state index in [1.807, 2.05) is 48.5 Å².